The number of imidazole rings is 1. The minimum absolute atomic E-state index is 0.0210. The zero-order chi connectivity index (χ0) is 14.3. The number of hydrogen-bond donors (Lipinski definition) is 2. The normalized spacial score (nSPS) is 22.4. The average Bonchev–Trinajstić information content (AvgIpc) is 3.02. The first-order valence-corrected chi connectivity index (χ1v) is 6.55. The molecule has 0 radical (unpaired) electrons. The number of rotatable bonds is 2. The highest BCUT2D eigenvalue weighted by Gasteiger charge is 2.39. The van der Waals surface area contributed by atoms with Gasteiger partial charge in [0, 0.05) is 12.1 Å². The zero-order valence-electron chi connectivity index (χ0n) is 11.0. The topological polar surface area (TPSA) is 86.3 Å². The number of benzene rings is 1. The van der Waals surface area contributed by atoms with Gasteiger partial charge in [0.05, 0.1) is 17.4 Å². The summed E-state index contributed by atoms with van der Waals surface area (Å²) < 4.78 is 0. The van der Waals surface area contributed by atoms with Crippen LogP contribution in [0.1, 0.15) is 23.7 Å². The summed E-state index contributed by atoms with van der Waals surface area (Å²) in [7, 11) is 0. The number of carbonyl (C=O) groups is 2. The Hall–Kier alpha value is -2.37. The van der Waals surface area contributed by atoms with Gasteiger partial charge in [-0.3, -0.25) is 4.79 Å². The van der Waals surface area contributed by atoms with Crippen molar-refractivity contribution in [2.75, 3.05) is 6.54 Å². The molecular weight excluding hydrogens is 258 g/mol. The summed E-state index contributed by atoms with van der Waals surface area (Å²) in [6.07, 6.45) is 2.28. The highest BCUT2D eigenvalue weighted by molar-refractivity contribution is 5.99. The van der Waals surface area contributed by atoms with Crippen LogP contribution < -0.4 is 0 Å². The van der Waals surface area contributed by atoms with Crippen molar-refractivity contribution in [3.8, 4) is 0 Å². The number of carboxylic acids is 1. The van der Waals surface area contributed by atoms with E-state index in [-0.39, 0.29) is 11.8 Å². The molecule has 3 rings (SSSR count). The maximum absolute atomic E-state index is 12.5. The van der Waals surface area contributed by atoms with E-state index < -0.39 is 12.0 Å². The van der Waals surface area contributed by atoms with Gasteiger partial charge in [0.25, 0.3) is 5.91 Å². The molecule has 6 heteroatoms. The molecule has 2 aromatic rings. The lowest BCUT2D eigenvalue weighted by molar-refractivity contribution is -0.142. The summed E-state index contributed by atoms with van der Waals surface area (Å²) in [6.45, 7) is 2.35. The van der Waals surface area contributed by atoms with Crippen molar-refractivity contribution in [2.24, 2.45) is 5.92 Å². The molecule has 1 saturated heterocycles. The first kappa shape index (κ1) is 12.7. The third-order valence-corrected chi connectivity index (χ3v) is 3.88. The number of nitrogens with zero attached hydrogens (tertiary/aromatic N) is 2. The van der Waals surface area contributed by atoms with Crippen LogP contribution >= 0.6 is 0 Å². The molecule has 0 spiro atoms. The maximum atomic E-state index is 12.5. The highest BCUT2D eigenvalue weighted by atomic mass is 16.4. The van der Waals surface area contributed by atoms with E-state index in [1.54, 1.807) is 24.5 Å². The molecule has 2 heterocycles. The largest absolute Gasteiger partial charge is 0.480 e. The van der Waals surface area contributed by atoms with Crippen molar-refractivity contribution in [3.05, 3.63) is 30.1 Å². The molecule has 1 aliphatic heterocycles. The number of H-pyrrole nitrogens is 1. The Morgan fingerprint density at radius 2 is 2.25 bits per heavy atom. The minimum Gasteiger partial charge on any atom is -0.480 e. The van der Waals surface area contributed by atoms with Crippen molar-refractivity contribution in [1.82, 2.24) is 14.9 Å². The summed E-state index contributed by atoms with van der Waals surface area (Å²) in [4.78, 5) is 32.3. The van der Waals surface area contributed by atoms with Crippen LogP contribution in [0.5, 0.6) is 0 Å². The summed E-state index contributed by atoms with van der Waals surface area (Å²) in [6, 6.07) is 4.42. The Labute approximate surface area is 115 Å². The predicted molar refractivity (Wildman–Crippen MR) is 72.3 cm³/mol. The number of nitrogens with one attached hydrogen (secondary N) is 1. The van der Waals surface area contributed by atoms with Crippen molar-refractivity contribution in [1.29, 1.82) is 0 Å². The van der Waals surface area contributed by atoms with Crippen molar-refractivity contribution >= 4 is 22.9 Å². The lowest BCUT2D eigenvalue weighted by Crippen LogP contribution is -2.42. The fourth-order valence-electron chi connectivity index (χ4n) is 2.79. The fourth-order valence-corrected chi connectivity index (χ4v) is 2.79. The number of likely N-dealkylation sites (tertiary alicyclic amines) is 1. The number of aromatic nitrogens is 2. The number of hydrogen-bond acceptors (Lipinski definition) is 3. The first-order valence-electron chi connectivity index (χ1n) is 6.55. The third-order valence-electron chi connectivity index (χ3n) is 3.88. The molecule has 1 fully saturated rings. The molecule has 0 bridgehead atoms. The molecule has 2 atom stereocenters. The van der Waals surface area contributed by atoms with Crippen LogP contribution in [0.15, 0.2) is 24.5 Å². The van der Waals surface area contributed by atoms with Crippen molar-refractivity contribution < 1.29 is 14.7 Å². The monoisotopic (exact) mass is 273 g/mol. The second-order valence-electron chi connectivity index (χ2n) is 5.18. The maximum Gasteiger partial charge on any atom is 0.326 e. The molecule has 6 nitrogen and oxygen atoms in total. The van der Waals surface area contributed by atoms with Crippen LogP contribution in [0.25, 0.3) is 11.0 Å². The summed E-state index contributed by atoms with van der Waals surface area (Å²) >= 11 is 0. The molecule has 1 amide bonds. The highest BCUT2D eigenvalue weighted by Crippen LogP contribution is 2.26. The van der Waals surface area contributed by atoms with Gasteiger partial charge < -0.3 is 15.0 Å². The van der Waals surface area contributed by atoms with Gasteiger partial charge in [-0.05, 0) is 30.5 Å². The van der Waals surface area contributed by atoms with Crippen LogP contribution in [0.3, 0.4) is 0 Å². The molecule has 1 aliphatic rings. The molecule has 20 heavy (non-hydrogen) atoms. The van der Waals surface area contributed by atoms with Gasteiger partial charge in [0.1, 0.15) is 6.04 Å². The standard InChI is InChI=1S/C14H15N3O3/c1-8-4-5-17(12(8)14(19)20)13(18)9-2-3-10-11(6-9)16-7-15-10/h2-3,6-8,12H,4-5H2,1H3,(H,15,16)(H,19,20). The fraction of sp³-hybridized carbons (Fsp3) is 0.357. The molecule has 0 saturated carbocycles. The Morgan fingerprint density at radius 3 is 3.00 bits per heavy atom. The summed E-state index contributed by atoms with van der Waals surface area (Å²) in [5, 5.41) is 9.28. The van der Waals surface area contributed by atoms with E-state index in [0.717, 1.165) is 17.5 Å². The lowest BCUT2D eigenvalue weighted by atomic mass is 10.0. The Bertz CT molecular complexity index is 679. The van der Waals surface area contributed by atoms with E-state index in [1.807, 2.05) is 6.92 Å². The van der Waals surface area contributed by atoms with E-state index in [0.29, 0.717) is 12.1 Å². The third kappa shape index (κ3) is 1.93. The van der Waals surface area contributed by atoms with E-state index in [1.165, 1.54) is 4.90 Å². The van der Waals surface area contributed by atoms with Crippen molar-refractivity contribution in [3.63, 3.8) is 0 Å². The molecule has 104 valence electrons. The molecule has 2 unspecified atom stereocenters. The Kier molecular flexibility index (Phi) is 2.93. The molecule has 1 aromatic carbocycles. The Morgan fingerprint density at radius 1 is 1.45 bits per heavy atom. The Balaban J connectivity index is 1.93. The van der Waals surface area contributed by atoms with E-state index in [4.69, 9.17) is 0 Å². The smallest absolute Gasteiger partial charge is 0.326 e. The number of carboxylic acid groups (broad SMARTS) is 1. The van der Waals surface area contributed by atoms with Crippen LogP contribution in [0.2, 0.25) is 0 Å². The van der Waals surface area contributed by atoms with Gasteiger partial charge in [-0.15, -0.1) is 0 Å². The van der Waals surface area contributed by atoms with Gasteiger partial charge in [0.15, 0.2) is 0 Å². The SMILES string of the molecule is CC1CCN(C(=O)c2ccc3nc[nH]c3c2)C1C(=O)O. The second kappa shape index (κ2) is 4.63. The number of aromatic amines is 1. The van der Waals surface area contributed by atoms with Gasteiger partial charge in [-0.1, -0.05) is 6.92 Å². The van der Waals surface area contributed by atoms with Gasteiger partial charge in [-0.25, -0.2) is 9.78 Å². The predicted octanol–water partition coefficient (Wildman–Crippen LogP) is 1.50. The van der Waals surface area contributed by atoms with Gasteiger partial charge >= 0.3 is 5.97 Å². The zero-order valence-corrected chi connectivity index (χ0v) is 11.0. The van der Waals surface area contributed by atoms with Crippen LogP contribution in [0.4, 0.5) is 0 Å². The molecule has 0 aliphatic carbocycles. The molecule has 1 aromatic heterocycles. The van der Waals surface area contributed by atoms with Gasteiger partial charge in [0.2, 0.25) is 0 Å². The lowest BCUT2D eigenvalue weighted by Gasteiger charge is -2.23. The summed E-state index contributed by atoms with van der Waals surface area (Å²) in [5.41, 5.74) is 2.04. The first-order chi connectivity index (χ1) is 9.58. The van der Waals surface area contributed by atoms with E-state index in [2.05, 4.69) is 9.97 Å². The number of fused-ring (bicyclic) bond motifs is 1. The molecular formula is C14H15N3O3. The second-order valence-corrected chi connectivity index (χ2v) is 5.18. The molecule has 2 N–H and O–H groups in total. The summed E-state index contributed by atoms with van der Waals surface area (Å²) in [5.74, 6) is -1.20. The van der Waals surface area contributed by atoms with Crippen molar-refractivity contribution in [2.45, 2.75) is 19.4 Å². The van der Waals surface area contributed by atoms with E-state index >= 15 is 0 Å². The number of aliphatic carboxylic acids is 1. The average molecular weight is 273 g/mol. The number of amides is 1. The number of carbonyl (C=O) groups excluding carboxylic acids is 1. The minimum atomic E-state index is -0.939. The quantitative estimate of drug-likeness (QED) is 0.868. The van der Waals surface area contributed by atoms with Crippen LogP contribution in [0, 0.1) is 5.92 Å². The van der Waals surface area contributed by atoms with E-state index in [9.17, 15) is 14.7 Å². The van der Waals surface area contributed by atoms with Gasteiger partial charge in [-0.2, -0.15) is 0 Å². The van der Waals surface area contributed by atoms with Crippen LogP contribution in [-0.2, 0) is 4.79 Å². The van der Waals surface area contributed by atoms with Crippen LogP contribution in [-0.4, -0.2) is 44.4 Å².